The van der Waals surface area contributed by atoms with E-state index in [0.717, 1.165) is 66.5 Å². The molecule has 1 saturated heterocycles. The first-order valence-corrected chi connectivity index (χ1v) is 12.6. The van der Waals surface area contributed by atoms with Gasteiger partial charge in [-0.05, 0) is 86.3 Å². The van der Waals surface area contributed by atoms with Crippen molar-refractivity contribution in [2.24, 2.45) is 5.92 Å². The fourth-order valence-electron chi connectivity index (χ4n) is 5.48. The van der Waals surface area contributed by atoms with Gasteiger partial charge in [0, 0.05) is 47.8 Å². The molecule has 0 saturated carbocycles. The van der Waals surface area contributed by atoms with Gasteiger partial charge in [0.1, 0.15) is 11.8 Å². The molecule has 8 heteroatoms. The lowest BCUT2D eigenvalue weighted by Gasteiger charge is -2.22. The second-order valence-corrected chi connectivity index (χ2v) is 10.2. The van der Waals surface area contributed by atoms with Gasteiger partial charge in [0.15, 0.2) is 0 Å². The summed E-state index contributed by atoms with van der Waals surface area (Å²) in [6, 6.07) is 15.0. The van der Waals surface area contributed by atoms with Crippen molar-refractivity contribution in [1.29, 1.82) is 5.26 Å². The van der Waals surface area contributed by atoms with Gasteiger partial charge in [-0.25, -0.2) is 0 Å². The standard InChI is InChI=1S/C29H30F3N5/c1-19-22(4-6-27-24(19)14-23(16-33)35-27)18-36(2)11-8-20-9-12-37(17-20)28-7-10-34-26-5-3-21(13-25(26)28)15-29(30,31)32/h3-7,10,13-14,20,35H,8-9,11-12,15,17-18H2,1-2H3. The third-order valence-corrected chi connectivity index (χ3v) is 7.48. The number of halogens is 3. The number of nitriles is 1. The van der Waals surface area contributed by atoms with E-state index in [-0.39, 0.29) is 5.56 Å². The molecule has 1 aliphatic rings. The van der Waals surface area contributed by atoms with Crippen LogP contribution in [0.4, 0.5) is 18.9 Å². The largest absolute Gasteiger partial charge is 0.393 e. The molecule has 192 valence electrons. The Kier molecular flexibility index (Phi) is 6.82. The molecule has 4 aromatic rings. The molecular weight excluding hydrogens is 475 g/mol. The van der Waals surface area contributed by atoms with Crippen LogP contribution in [0.5, 0.6) is 0 Å². The van der Waals surface area contributed by atoms with Crippen molar-refractivity contribution in [1.82, 2.24) is 14.9 Å². The van der Waals surface area contributed by atoms with Crippen molar-refractivity contribution in [2.45, 2.75) is 38.9 Å². The second kappa shape index (κ2) is 10.1. The van der Waals surface area contributed by atoms with Crippen LogP contribution in [-0.2, 0) is 13.0 Å². The average Bonchev–Trinajstić information content (AvgIpc) is 3.50. The monoisotopic (exact) mass is 505 g/mol. The van der Waals surface area contributed by atoms with Crippen molar-refractivity contribution in [3.8, 4) is 6.07 Å². The number of H-pyrrole nitrogens is 1. The normalized spacial score (nSPS) is 16.2. The molecule has 0 amide bonds. The predicted octanol–water partition coefficient (Wildman–Crippen LogP) is 6.35. The summed E-state index contributed by atoms with van der Waals surface area (Å²) in [6.07, 6.45) is -1.30. The van der Waals surface area contributed by atoms with E-state index in [4.69, 9.17) is 0 Å². The van der Waals surface area contributed by atoms with Gasteiger partial charge >= 0.3 is 6.18 Å². The van der Waals surface area contributed by atoms with Gasteiger partial charge < -0.3 is 14.8 Å². The van der Waals surface area contributed by atoms with Gasteiger partial charge in [-0.1, -0.05) is 12.1 Å². The number of aryl methyl sites for hydroxylation is 1. The Morgan fingerprint density at radius 2 is 2.00 bits per heavy atom. The van der Waals surface area contributed by atoms with Gasteiger partial charge in [0.05, 0.1) is 11.9 Å². The van der Waals surface area contributed by atoms with Crippen molar-refractivity contribution >= 4 is 27.5 Å². The van der Waals surface area contributed by atoms with E-state index < -0.39 is 12.6 Å². The molecule has 1 fully saturated rings. The zero-order chi connectivity index (χ0) is 26.2. The van der Waals surface area contributed by atoms with Gasteiger partial charge in [0.2, 0.25) is 0 Å². The third-order valence-electron chi connectivity index (χ3n) is 7.48. The average molecular weight is 506 g/mol. The molecule has 3 heterocycles. The predicted molar refractivity (Wildman–Crippen MR) is 141 cm³/mol. The lowest BCUT2D eigenvalue weighted by molar-refractivity contribution is -0.127. The summed E-state index contributed by atoms with van der Waals surface area (Å²) in [7, 11) is 2.13. The number of benzene rings is 2. The van der Waals surface area contributed by atoms with Gasteiger partial charge in [-0.15, -0.1) is 0 Å². The number of pyridine rings is 1. The zero-order valence-corrected chi connectivity index (χ0v) is 21.1. The topological polar surface area (TPSA) is 58.9 Å². The van der Waals surface area contributed by atoms with Crippen molar-refractivity contribution in [3.63, 3.8) is 0 Å². The summed E-state index contributed by atoms with van der Waals surface area (Å²) >= 11 is 0. The molecule has 1 atom stereocenters. The van der Waals surface area contributed by atoms with E-state index in [1.54, 1.807) is 18.3 Å². The molecule has 5 nitrogen and oxygen atoms in total. The number of aromatic nitrogens is 2. The summed E-state index contributed by atoms with van der Waals surface area (Å²) in [5, 5.41) is 11.1. The first-order valence-electron chi connectivity index (χ1n) is 12.6. The summed E-state index contributed by atoms with van der Waals surface area (Å²) in [4.78, 5) is 12.1. The number of alkyl halides is 3. The fourth-order valence-corrected chi connectivity index (χ4v) is 5.48. The Balaban J connectivity index is 1.22. The van der Waals surface area contributed by atoms with E-state index in [9.17, 15) is 18.4 Å². The number of rotatable bonds is 7. The van der Waals surface area contributed by atoms with Crippen LogP contribution in [0.3, 0.4) is 0 Å². The van der Waals surface area contributed by atoms with Crippen LogP contribution in [0.25, 0.3) is 21.8 Å². The lowest BCUT2D eigenvalue weighted by atomic mass is 10.0. The molecule has 1 aliphatic heterocycles. The molecular formula is C29H30F3N5. The summed E-state index contributed by atoms with van der Waals surface area (Å²) in [5.41, 5.74) is 5.98. The van der Waals surface area contributed by atoms with E-state index in [0.29, 0.717) is 11.6 Å². The molecule has 0 bridgehead atoms. The fraction of sp³-hybridized carbons (Fsp3) is 0.379. The summed E-state index contributed by atoms with van der Waals surface area (Å²) < 4.78 is 38.8. The minimum atomic E-state index is -4.23. The van der Waals surface area contributed by atoms with E-state index in [1.807, 2.05) is 18.2 Å². The number of anilines is 1. The molecule has 2 aromatic carbocycles. The highest BCUT2D eigenvalue weighted by Crippen LogP contribution is 2.33. The SMILES string of the molecule is Cc1c(CN(C)CCC2CCN(c3ccnc4ccc(CC(F)(F)F)cc34)C2)ccc2[nH]c(C#N)cc12. The van der Waals surface area contributed by atoms with E-state index in [2.05, 4.69) is 45.9 Å². The summed E-state index contributed by atoms with van der Waals surface area (Å²) in [5.74, 6) is 0.524. The molecule has 0 spiro atoms. The van der Waals surface area contributed by atoms with Gasteiger partial charge in [-0.3, -0.25) is 4.98 Å². The van der Waals surface area contributed by atoms with Gasteiger partial charge in [-0.2, -0.15) is 18.4 Å². The number of aromatic amines is 1. The maximum atomic E-state index is 12.9. The number of nitrogens with one attached hydrogen (secondary N) is 1. The highest BCUT2D eigenvalue weighted by molar-refractivity contribution is 5.92. The molecule has 0 radical (unpaired) electrons. The number of hydrogen-bond acceptors (Lipinski definition) is 4. The Labute approximate surface area is 214 Å². The lowest BCUT2D eigenvalue weighted by Crippen LogP contribution is -2.24. The Hall–Kier alpha value is -3.57. The minimum absolute atomic E-state index is 0.267. The molecule has 37 heavy (non-hydrogen) atoms. The molecule has 1 N–H and O–H groups in total. The highest BCUT2D eigenvalue weighted by atomic mass is 19.4. The first kappa shape index (κ1) is 25.1. The third kappa shape index (κ3) is 5.57. The van der Waals surface area contributed by atoms with Gasteiger partial charge in [0.25, 0.3) is 0 Å². The molecule has 0 aliphatic carbocycles. The Morgan fingerprint density at radius 3 is 2.78 bits per heavy atom. The van der Waals surface area contributed by atoms with E-state index in [1.165, 1.54) is 17.2 Å². The summed E-state index contributed by atoms with van der Waals surface area (Å²) in [6.45, 7) is 5.68. The highest BCUT2D eigenvalue weighted by Gasteiger charge is 2.28. The van der Waals surface area contributed by atoms with Crippen molar-refractivity contribution in [2.75, 3.05) is 31.6 Å². The molecule has 5 rings (SSSR count). The quantitative estimate of drug-likeness (QED) is 0.318. The Bertz CT molecular complexity index is 1470. The van der Waals surface area contributed by atoms with Crippen molar-refractivity contribution in [3.05, 3.63) is 71.0 Å². The molecule has 1 unspecified atom stereocenters. The van der Waals surface area contributed by atoms with E-state index >= 15 is 0 Å². The van der Waals surface area contributed by atoms with Crippen LogP contribution in [0.2, 0.25) is 0 Å². The van der Waals surface area contributed by atoms with Crippen LogP contribution < -0.4 is 4.90 Å². The van der Waals surface area contributed by atoms with Crippen molar-refractivity contribution < 1.29 is 13.2 Å². The maximum Gasteiger partial charge on any atom is 0.393 e. The van der Waals surface area contributed by atoms with Crippen LogP contribution >= 0.6 is 0 Å². The first-order chi connectivity index (χ1) is 17.7. The molecule has 2 aromatic heterocycles. The smallest absolute Gasteiger partial charge is 0.371 e. The number of hydrogen-bond donors (Lipinski definition) is 1. The number of nitrogens with zero attached hydrogens (tertiary/aromatic N) is 4. The minimum Gasteiger partial charge on any atom is -0.371 e. The van der Waals surface area contributed by atoms with Crippen LogP contribution in [0.1, 0.15) is 35.2 Å². The Morgan fingerprint density at radius 1 is 1.16 bits per heavy atom. The zero-order valence-electron chi connectivity index (χ0n) is 21.1. The van der Waals surface area contributed by atoms with Crippen LogP contribution in [0.15, 0.2) is 48.7 Å². The van der Waals surface area contributed by atoms with Crippen LogP contribution in [-0.4, -0.2) is 47.7 Å². The second-order valence-electron chi connectivity index (χ2n) is 10.2. The number of fused-ring (bicyclic) bond motifs is 2. The maximum absolute atomic E-state index is 12.9. The van der Waals surface area contributed by atoms with Crippen LogP contribution in [0, 0.1) is 24.2 Å².